The second-order valence-electron chi connectivity index (χ2n) is 10.2. The van der Waals surface area contributed by atoms with Gasteiger partial charge >= 0.3 is 6.18 Å². The number of hydrogen-bond donors (Lipinski definition) is 5. The van der Waals surface area contributed by atoms with Crippen molar-refractivity contribution in [3.8, 4) is 5.75 Å². The molecule has 1 aromatic carbocycles. The topological polar surface area (TPSA) is 114 Å². The molecule has 0 fully saturated rings. The summed E-state index contributed by atoms with van der Waals surface area (Å²) in [6.45, 7) is 8.65. The van der Waals surface area contributed by atoms with E-state index in [-0.39, 0.29) is 23.0 Å². The molecule has 0 radical (unpaired) electrons. The van der Waals surface area contributed by atoms with E-state index >= 15 is 0 Å². The summed E-state index contributed by atoms with van der Waals surface area (Å²) >= 11 is 1.64. The lowest BCUT2D eigenvalue weighted by atomic mass is 9.86. The quantitative estimate of drug-likeness (QED) is 0.238. The number of benzene rings is 1. The summed E-state index contributed by atoms with van der Waals surface area (Å²) in [5.41, 5.74) is -2.45. The number of carbonyl (C=O) groups is 1. The number of phenolic OH excluding ortho intramolecular Hbond substituents is 1. The Kier molecular flexibility index (Phi) is 7.08. The number of phenols is 1. The van der Waals surface area contributed by atoms with Gasteiger partial charge < -0.3 is 31.3 Å². The number of fused-ring (bicyclic) bond motifs is 1. The van der Waals surface area contributed by atoms with Gasteiger partial charge in [-0.15, -0.1) is 11.3 Å². The molecular formula is C25H30F3N7O2S. The van der Waals surface area contributed by atoms with Crippen molar-refractivity contribution in [3.63, 3.8) is 0 Å². The van der Waals surface area contributed by atoms with Gasteiger partial charge in [0, 0.05) is 23.8 Å². The second-order valence-corrected chi connectivity index (χ2v) is 11.6. The summed E-state index contributed by atoms with van der Waals surface area (Å²) < 4.78 is 41.1. The van der Waals surface area contributed by atoms with E-state index in [1.807, 2.05) is 19.1 Å². The van der Waals surface area contributed by atoms with Crippen molar-refractivity contribution in [2.75, 3.05) is 42.0 Å². The number of aromatic hydroxyl groups is 1. The van der Waals surface area contributed by atoms with Gasteiger partial charge in [0.15, 0.2) is 29.0 Å². The van der Waals surface area contributed by atoms with Crippen LogP contribution in [-0.4, -0.2) is 46.6 Å². The molecule has 1 aliphatic heterocycles. The standard InChI is InChI=1S/C25H30F3N7O2S/c1-12-7-10-15(38-12)18(24(2,3)4)32-22-21(33-19-20(34-22)30-11-29-19)31-14-9-8-13(25(26,27)28)16(17(14)36)23(37)35(5)6/h7-10,18,36H,11H2,1-6H3,(H2,29,31,33)(H2,30,32,34)/t18-/m0/s1. The third kappa shape index (κ3) is 5.42. The molecule has 204 valence electrons. The minimum atomic E-state index is -4.84. The fourth-order valence-corrected chi connectivity index (χ4v) is 5.21. The Labute approximate surface area is 222 Å². The van der Waals surface area contributed by atoms with Gasteiger partial charge in [-0.1, -0.05) is 20.8 Å². The number of nitrogens with zero attached hydrogens (tertiary/aromatic N) is 3. The molecule has 13 heteroatoms. The van der Waals surface area contributed by atoms with Gasteiger partial charge in [-0.3, -0.25) is 4.79 Å². The number of halogens is 3. The molecule has 0 saturated carbocycles. The summed E-state index contributed by atoms with van der Waals surface area (Å²) in [5.74, 6) is -0.379. The Balaban J connectivity index is 1.81. The van der Waals surface area contributed by atoms with Crippen LogP contribution in [0.15, 0.2) is 24.3 Å². The summed E-state index contributed by atoms with van der Waals surface area (Å²) in [6, 6.07) is 5.72. The number of carbonyl (C=O) groups excluding carboxylic acids is 1. The fourth-order valence-electron chi connectivity index (χ4n) is 4.04. The van der Waals surface area contributed by atoms with Crippen LogP contribution in [0.25, 0.3) is 0 Å². The largest absolute Gasteiger partial charge is 0.505 e. The van der Waals surface area contributed by atoms with E-state index in [1.165, 1.54) is 14.1 Å². The maximum absolute atomic E-state index is 13.7. The van der Waals surface area contributed by atoms with Gasteiger partial charge in [-0.2, -0.15) is 13.2 Å². The average molecular weight is 550 g/mol. The van der Waals surface area contributed by atoms with Crippen molar-refractivity contribution in [2.24, 2.45) is 5.41 Å². The summed E-state index contributed by atoms with van der Waals surface area (Å²) in [5, 5.41) is 23.4. The van der Waals surface area contributed by atoms with Crippen molar-refractivity contribution in [1.82, 2.24) is 14.9 Å². The molecule has 5 N–H and O–H groups in total. The molecule has 4 rings (SSSR count). The van der Waals surface area contributed by atoms with Crippen LogP contribution in [0.1, 0.15) is 52.5 Å². The van der Waals surface area contributed by atoms with Crippen molar-refractivity contribution in [2.45, 2.75) is 39.9 Å². The fraction of sp³-hybridized carbons (Fsp3) is 0.400. The Bertz CT molecular complexity index is 1370. The zero-order valence-electron chi connectivity index (χ0n) is 21.8. The summed E-state index contributed by atoms with van der Waals surface area (Å²) in [4.78, 5) is 25.1. The van der Waals surface area contributed by atoms with Crippen molar-refractivity contribution in [3.05, 3.63) is 45.1 Å². The lowest BCUT2D eigenvalue weighted by molar-refractivity contribution is -0.138. The molecule has 3 aromatic rings. The molecule has 1 aliphatic rings. The third-order valence-electron chi connectivity index (χ3n) is 5.96. The smallest absolute Gasteiger partial charge is 0.417 e. The molecule has 9 nitrogen and oxygen atoms in total. The molecule has 38 heavy (non-hydrogen) atoms. The number of thiophene rings is 1. The zero-order chi connectivity index (χ0) is 28.0. The van der Waals surface area contributed by atoms with Crippen LogP contribution in [0.2, 0.25) is 0 Å². The lowest BCUT2D eigenvalue weighted by Gasteiger charge is -2.32. The molecule has 0 bridgehead atoms. The minimum Gasteiger partial charge on any atom is -0.505 e. The SMILES string of the molecule is Cc1ccc([C@H](Nc2nc3c(nc2Nc2ccc(C(F)(F)F)c(C(=O)N(C)C)c2O)NCN3)C(C)(C)C)s1. The minimum absolute atomic E-state index is 0.120. The van der Waals surface area contributed by atoms with Gasteiger partial charge in [0.25, 0.3) is 5.91 Å². The Morgan fingerprint density at radius 3 is 2.24 bits per heavy atom. The highest BCUT2D eigenvalue weighted by molar-refractivity contribution is 7.12. The number of aryl methyl sites for hydroxylation is 1. The number of rotatable bonds is 6. The number of anilines is 5. The number of alkyl halides is 3. The number of hydrogen-bond acceptors (Lipinski definition) is 9. The highest BCUT2D eigenvalue weighted by Crippen LogP contribution is 2.44. The Hall–Kier alpha value is -3.74. The normalized spacial score (nSPS) is 13.8. The van der Waals surface area contributed by atoms with Crippen LogP contribution < -0.4 is 21.3 Å². The molecule has 0 saturated heterocycles. The summed E-state index contributed by atoms with van der Waals surface area (Å²) in [6.07, 6.45) is -4.84. The zero-order valence-corrected chi connectivity index (χ0v) is 22.6. The Morgan fingerprint density at radius 1 is 1.08 bits per heavy atom. The van der Waals surface area contributed by atoms with E-state index in [4.69, 9.17) is 0 Å². The van der Waals surface area contributed by atoms with Crippen molar-refractivity contribution < 1.29 is 23.1 Å². The van der Waals surface area contributed by atoms with Crippen molar-refractivity contribution >= 4 is 46.2 Å². The molecule has 3 heterocycles. The van der Waals surface area contributed by atoms with E-state index in [1.54, 1.807) is 11.3 Å². The molecule has 0 aliphatic carbocycles. The van der Waals surface area contributed by atoms with Crippen LogP contribution in [0.4, 0.5) is 42.1 Å². The second kappa shape index (κ2) is 9.86. The first-order valence-corrected chi connectivity index (χ1v) is 12.6. The van der Waals surface area contributed by atoms with Crippen LogP contribution in [0.3, 0.4) is 0 Å². The first kappa shape index (κ1) is 27.3. The molecule has 1 atom stereocenters. The molecule has 2 aromatic heterocycles. The average Bonchev–Trinajstić information content (AvgIpc) is 3.44. The van der Waals surface area contributed by atoms with E-state index in [2.05, 4.69) is 52.0 Å². The molecule has 0 spiro atoms. The van der Waals surface area contributed by atoms with Crippen LogP contribution in [-0.2, 0) is 6.18 Å². The van der Waals surface area contributed by atoms with E-state index < -0.39 is 29.0 Å². The number of amides is 1. The van der Waals surface area contributed by atoms with Crippen LogP contribution >= 0.6 is 11.3 Å². The van der Waals surface area contributed by atoms with Gasteiger partial charge in [-0.25, -0.2) is 9.97 Å². The number of nitrogens with one attached hydrogen (secondary N) is 4. The van der Waals surface area contributed by atoms with Crippen LogP contribution in [0.5, 0.6) is 5.75 Å². The van der Waals surface area contributed by atoms with Gasteiger partial charge in [0.2, 0.25) is 0 Å². The van der Waals surface area contributed by atoms with Gasteiger partial charge in [-0.05, 0) is 36.6 Å². The number of aromatic nitrogens is 2. The van der Waals surface area contributed by atoms with Crippen molar-refractivity contribution in [1.29, 1.82) is 0 Å². The van der Waals surface area contributed by atoms with E-state index in [0.717, 1.165) is 26.8 Å². The maximum Gasteiger partial charge on any atom is 0.417 e. The first-order chi connectivity index (χ1) is 17.7. The predicted molar refractivity (Wildman–Crippen MR) is 143 cm³/mol. The summed E-state index contributed by atoms with van der Waals surface area (Å²) in [7, 11) is 2.63. The van der Waals surface area contributed by atoms with E-state index in [9.17, 15) is 23.1 Å². The third-order valence-corrected chi connectivity index (χ3v) is 7.02. The predicted octanol–water partition coefficient (Wildman–Crippen LogP) is 6.01. The molecule has 0 unspecified atom stereocenters. The highest BCUT2D eigenvalue weighted by Gasteiger charge is 2.38. The van der Waals surface area contributed by atoms with Crippen LogP contribution in [0, 0.1) is 12.3 Å². The highest BCUT2D eigenvalue weighted by atomic mass is 32.1. The monoisotopic (exact) mass is 549 g/mol. The lowest BCUT2D eigenvalue weighted by Crippen LogP contribution is -2.26. The first-order valence-electron chi connectivity index (χ1n) is 11.8. The molecular weight excluding hydrogens is 519 g/mol. The van der Waals surface area contributed by atoms with Gasteiger partial charge in [0.05, 0.1) is 29.5 Å². The maximum atomic E-state index is 13.7. The Morgan fingerprint density at radius 2 is 1.71 bits per heavy atom. The van der Waals surface area contributed by atoms with E-state index in [0.29, 0.717) is 24.1 Å². The molecule has 1 amide bonds. The van der Waals surface area contributed by atoms with Gasteiger partial charge in [0.1, 0.15) is 0 Å².